The highest BCUT2D eigenvalue weighted by Gasteiger charge is 2.22. The van der Waals surface area contributed by atoms with E-state index in [0.29, 0.717) is 18.3 Å². The number of fused-ring (bicyclic) bond motifs is 2. The molecular formula is C18H18N4OS. The molecule has 5 rings (SSSR count). The fourth-order valence-corrected chi connectivity index (χ4v) is 4.78. The average molecular weight is 338 g/mol. The molecule has 5 nitrogen and oxygen atoms in total. The van der Waals surface area contributed by atoms with E-state index in [-0.39, 0.29) is 0 Å². The van der Waals surface area contributed by atoms with Gasteiger partial charge in [0.2, 0.25) is 5.89 Å². The maximum absolute atomic E-state index is 5.94. The van der Waals surface area contributed by atoms with Crippen molar-refractivity contribution < 1.29 is 4.42 Å². The molecule has 2 aliphatic rings. The second-order valence-electron chi connectivity index (χ2n) is 6.56. The third-order valence-electron chi connectivity index (χ3n) is 4.83. The second-order valence-corrected chi connectivity index (χ2v) is 7.69. The lowest BCUT2D eigenvalue weighted by atomic mass is 9.99. The van der Waals surface area contributed by atoms with Crippen LogP contribution in [0, 0.1) is 0 Å². The van der Waals surface area contributed by atoms with Crippen LogP contribution in [-0.2, 0) is 32.5 Å². The molecule has 0 bridgehead atoms. The molecule has 0 radical (unpaired) electrons. The molecule has 0 amide bonds. The lowest BCUT2D eigenvalue weighted by Gasteiger charge is -2.10. The van der Waals surface area contributed by atoms with Crippen LogP contribution in [0.1, 0.15) is 40.3 Å². The van der Waals surface area contributed by atoms with E-state index in [1.54, 1.807) is 0 Å². The summed E-state index contributed by atoms with van der Waals surface area (Å²) in [5.74, 6) is 1.36. The third-order valence-corrected chi connectivity index (χ3v) is 6.05. The number of aryl methyl sites for hydroxylation is 2. The van der Waals surface area contributed by atoms with Gasteiger partial charge in [-0.3, -0.25) is 9.88 Å². The molecule has 0 N–H and O–H groups in total. The number of aromatic nitrogens is 3. The zero-order valence-corrected chi connectivity index (χ0v) is 14.2. The molecule has 1 aliphatic heterocycles. The maximum atomic E-state index is 5.94. The van der Waals surface area contributed by atoms with E-state index in [9.17, 15) is 0 Å². The first-order chi connectivity index (χ1) is 11.8. The van der Waals surface area contributed by atoms with Crippen LogP contribution in [0.15, 0.2) is 28.9 Å². The molecule has 6 heteroatoms. The normalized spacial score (nSPS) is 17.0. The van der Waals surface area contributed by atoms with Crippen LogP contribution >= 0.6 is 11.3 Å². The summed E-state index contributed by atoms with van der Waals surface area (Å²) >= 11 is 1.82. The standard InChI is InChI=1S/C18H18N4OS/c1-2-4-15-12(3-1)7-16(24-15)18-21-20-17(23-18)11-22-9-13-5-6-19-8-14(13)10-22/h5-8H,1-4,9-11H2. The van der Waals surface area contributed by atoms with Gasteiger partial charge in [-0.15, -0.1) is 21.5 Å². The summed E-state index contributed by atoms with van der Waals surface area (Å²) in [5.41, 5.74) is 4.11. The first-order valence-corrected chi connectivity index (χ1v) is 9.25. The minimum atomic E-state index is 0.669. The molecule has 1 aliphatic carbocycles. The molecule has 0 spiro atoms. The van der Waals surface area contributed by atoms with Crippen molar-refractivity contribution in [2.24, 2.45) is 0 Å². The molecule has 0 fully saturated rings. The van der Waals surface area contributed by atoms with Gasteiger partial charge in [-0.25, -0.2) is 0 Å². The summed E-state index contributed by atoms with van der Waals surface area (Å²) < 4.78 is 5.94. The van der Waals surface area contributed by atoms with Crippen molar-refractivity contribution in [1.82, 2.24) is 20.1 Å². The lowest BCUT2D eigenvalue weighted by molar-refractivity contribution is 0.246. The van der Waals surface area contributed by atoms with Gasteiger partial charge < -0.3 is 4.42 Å². The van der Waals surface area contributed by atoms with Gasteiger partial charge in [0.15, 0.2) is 0 Å². The topological polar surface area (TPSA) is 55.1 Å². The average Bonchev–Trinajstić information content (AvgIpc) is 3.31. The number of rotatable bonds is 3. The fourth-order valence-electron chi connectivity index (χ4n) is 3.61. The molecule has 122 valence electrons. The van der Waals surface area contributed by atoms with Crippen molar-refractivity contribution in [2.75, 3.05) is 0 Å². The van der Waals surface area contributed by atoms with E-state index in [4.69, 9.17) is 4.42 Å². The monoisotopic (exact) mass is 338 g/mol. The number of hydrogen-bond acceptors (Lipinski definition) is 6. The molecule has 0 saturated heterocycles. The largest absolute Gasteiger partial charge is 0.419 e. The van der Waals surface area contributed by atoms with Gasteiger partial charge >= 0.3 is 0 Å². The molecule has 3 aromatic heterocycles. The summed E-state index contributed by atoms with van der Waals surface area (Å²) in [7, 11) is 0. The summed E-state index contributed by atoms with van der Waals surface area (Å²) in [6.07, 6.45) is 8.78. The van der Waals surface area contributed by atoms with E-state index in [2.05, 4.69) is 32.2 Å². The number of hydrogen-bond donors (Lipinski definition) is 0. The van der Waals surface area contributed by atoms with Gasteiger partial charge in [0.1, 0.15) is 0 Å². The highest BCUT2D eigenvalue weighted by Crippen LogP contribution is 2.35. The molecule has 0 unspecified atom stereocenters. The minimum Gasteiger partial charge on any atom is -0.419 e. The zero-order chi connectivity index (χ0) is 15.9. The molecule has 24 heavy (non-hydrogen) atoms. The highest BCUT2D eigenvalue weighted by atomic mass is 32.1. The molecular weight excluding hydrogens is 320 g/mol. The van der Waals surface area contributed by atoms with Gasteiger partial charge in [0.05, 0.1) is 11.4 Å². The van der Waals surface area contributed by atoms with Crippen molar-refractivity contribution in [3.05, 3.63) is 52.0 Å². The first-order valence-electron chi connectivity index (χ1n) is 8.43. The third kappa shape index (κ3) is 2.56. The van der Waals surface area contributed by atoms with E-state index < -0.39 is 0 Å². The molecule has 3 aromatic rings. The minimum absolute atomic E-state index is 0.669. The summed E-state index contributed by atoms with van der Waals surface area (Å²) in [6, 6.07) is 4.33. The van der Waals surface area contributed by atoms with E-state index in [0.717, 1.165) is 18.0 Å². The van der Waals surface area contributed by atoms with Crippen LogP contribution in [0.5, 0.6) is 0 Å². The predicted octanol–water partition coefficient (Wildman–Crippen LogP) is 3.59. The Morgan fingerprint density at radius 1 is 1.08 bits per heavy atom. The molecule has 0 aromatic carbocycles. The maximum Gasteiger partial charge on any atom is 0.257 e. The Kier molecular flexibility index (Phi) is 3.45. The number of thiophene rings is 1. The van der Waals surface area contributed by atoms with E-state index in [1.165, 1.54) is 47.3 Å². The second kappa shape index (κ2) is 5.79. The van der Waals surface area contributed by atoms with Gasteiger partial charge in [0.25, 0.3) is 5.89 Å². The van der Waals surface area contributed by atoms with Crippen molar-refractivity contribution in [3.8, 4) is 10.8 Å². The van der Waals surface area contributed by atoms with Crippen molar-refractivity contribution in [2.45, 2.75) is 45.3 Å². The fraction of sp³-hybridized carbons (Fsp3) is 0.389. The Morgan fingerprint density at radius 2 is 2.00 bits per heavy atom. The lowest BCUT2D eigenvalue weighted by Crippen LogP contribution is -2.15. The summed E-state index contributed by atoms with van der Waals surface area (Å²) in [5, 5.41) is 8.53. The van der Waals surface area contributed by atoms with Crippen molar-refractivity contribution in [3.63, 3.8) is 0 Å². The Balaban J connectivity index is 1.32. The molecule has 4 heterocycles. The molecule has 0 saturated carbocycles. The molecule has 0 atom stereocenters. The summed E-state index contributed by atoms with van der Waals surface area (Å²) in [4.78, 5) is 9.12. The summed E-state index contributed by atoms with van der Waals surface area (Å²) in [6.45, 7) is 2.50. The number of pyridine rings is 1. The van der Waals surface area contributed by atoms with E-state index in [1.807, 2.05) is 23.7 Å². The van der Waals surface area contributed by atoms with Gasteiger partial charge in [0, 0.05) is 30.4 Å². The van der Waals surface area contributed by atoms with Gasteiger partial charge in [-0.05, 0) is 54.5 Å². The Labute approximate surface area is 144 Å². The predicted molar refractivity (Wildman–Crippen MR) is 91.4 cm³/mol. The van der Waals surface area contributed by atoms with Crippen LogP contribution in [0.25, 0.3) is 10.8 Å². The van der Waals surface area contributed by atoms with Crippen LogP contribution in [0.4, 0.5) is 0 Å². The van der Waals surface area contributed by atoms with Crippen LogP contribution in [0.2, 0.25) is 0 Å². The smallest absolute Gasteiger partial charge is 0.257 e. The van der Waals surface area contributed by atoms with Crippen LogP contribution < -0.4 is 0 Å². The Morgan fingerprint density at radius 3 is 2.92 bits per heavy atom. The highest BCUT2D eigenvalue weighted by molar-refractivity contribution is 7.15. The number of nitrogens with zero attached hydrogens (tertiary/aromatic N) is 4. The van der Waals surface area contributed by atoms with Crippen molar-refractivity contribution >= 4 is 11.3 Å². The van der Waals surface area contributed by atoms with Gasteiger partial charge in [-0.2, -0.15) is 0 Å². The Bertz CT molecular complexity index is 836. The van der Waals surface area contributed by atoms with Crippen LogP contribution in [-0.4, -0.2) is 20.1 Å². The van der Waals surface area contributed by atoms with Crippen molar-refractivity contribution in [1.29, 1.82) is 0 Å². The van der Waals surface area contributed by atoms with Crippen LogP contribution in [0.3, 0.4) is 0 Å². The Hall–Kier alpha value is -2.05. The first kappa shape index (κ1) is 14.3. The zero-order valence-electron chi connectivity index (χ0n) is 13.4. The quantitative estimate of drug-likeness (QED) is 0.730. The SMILES string of the molecule is c1cc2c(cn1)CN(Cc1nnc(-c3cc4c(s3)CCCC4)o1)C2. The van der Waals surface area contributed by atoms with Gasteiger partial charge in [-0.1, -0.05) is 0 Å². The van der Waals surface area contributed by atoms with E-state index >= 15 is 0 Å².